The second-order valence-corrected chi connectivity index (χ2v) is 7.93. The van der Waals surface area contributed by atoms with Crippen LogP contribution in [0.3, 0.4) is 0 Å². The Morgan fingerprint density at radius 1 is 0.786 bits per heavy atom. The first-order valence-corrected chi connectivity index (χ1v) is 9.73. The molecule has 1 aliphatic rings. The number of hydrogen-bond donors (Lipinski definition) is 0. The summed E-state index contributed by atoms with van der Waals surface area (Å²) in [7, 11) is 2.18. The maximum atomic E-state index is 5.03. The molecule has 0 fully saturated rings. The van der Waals surface area contributed by atoms with Gasteiger partial charge in [0.25, 0.3) is 0 Å². The molecule has 5 nitrogen and oxygen atoms in total. The van der Waals surface area contributed by atoms with Gasteiger partial charge in [0.1, 0.15) is 6.17 Å². The van der Waals surface area contributed by atoms with E-state index in [4.69, 9.17) is 4.98 Å². The maximum absolute atomic E-state index is 5.03. The van der Waals surface area contributed by atoms with Crippen LogP contribution < -0.4 is 4.90 Å². The number of nitrogens with zero attached hydrogens (tertiary/aromatic N) is 5. The van der Waals surface area contributed by atoms with Gasteiger partial charge < -0.3 is 9.47 Å². The van der Waals surface area contributed by atoms with Crippen LogP contribution in [-0.2, 0) is 0 Å². The normalized spacial score (nSPS) is 16.7. The molecule has 0 spiro atoms. The molecule has 7 rings (SSSR count). The van der Waals surface area contributed by atoms with Crippen LogP contribution >= 0.6 is 0 Å². The van der Waals surface area contributed by atoms with Crippen LogP contribution in [0.4, 0.5) is 5.69 Å². The van der Waals surface area contributed by atoms with Gasteiger partial charge in [-0.1, -0.05) is 24.3 Å². The first-order chi connectivity index (χ1) is 13.7. The van der Waals surface area contributed by atoms with Crippen LogP contribution in [-0.4, -0.2) is 25.4 Å². The Labute approximate surface area is 161 Å². The predicted octanol–water partition coefficient (Wildman–Crippen LogP) is 5.12. The van der Waals surface area contributed by atoms with Crippen LogP contribution in [0, 0.1) is 6.92 Å². The van der Waals surface area contributed by atoms with Crippen molar-refractivity contribution in [2.24, 2.45) is 0 Å². The summed E-state index contributed by atoms with van der Waals surface area (Å²) < 4.78 is 7.17. The van der Waals surface area contributed by atoms with E-state index in [2.05, 4.69) is 93.8 Å². The van der Waals surface area contributed by atoms with E-state index in [1.165, 1.54) is 38.8 Å². The van der Waals surface area contributed by atoms with Gasteiger partial charge in [0.15, 0.2) is 0 Å². The molecule has 0 radical (unpaired) electrons. The van der Waals surface area contributed by atoms with Crippen molar-refractivity contribution in [3.63, 3.8) is 0 Å². The molecule has 1 atom stereocenters. The van der Waals surface area contributed by atoms with E-state index in [9.17, 15) is 0 Å². The zero-order chi connectivity index (χ0) is 18.7. The highest BCUT2D eigenvalue weighted by atomic mass is 15.3. The molecule has 0 aliphatic carbocycles. The van der Waals surface area contributed by atoms with E-state index in [-0.39, 0.29) is 6.17 Å². The summed E-state index contributed by atoms with van der Waals surface area (Å²) >= 11 is 0. The number of aryl methyl sites for hydroxylation is 1. The lowest BCUT2D eigenvalue weighted by Crippen LogP contribution is -2.20. The Kier molecular flexibility index (Phi) is 2.34. The standard InChI is InChI=1S/C23H19N5/c1-13-11-12-19-22-20(13)26-14(2)25(3)17-9-6-10-18(21(17)26)28(22)23-24-15-7-4-5-8-16(15)27(19)23/h4-12,14H,1-3H3/t14-/m0/s1. The maximum Gasteiger partial charge on any atom is 0.220 e. The molecule has 3 aromatic heterocycles. The van der Waals surface area contributed by atoms with Gasteiger partial charge in [0.2, 0.25) is 5.78 Å². The zero-order valence-corrected chi connectivity index (χ0v) is 16.0. The summed E-state index contributed by atoms with van der Waals surface area (Å²) in [5.41, 5.74) is 11.0. The van der Waals surface area contributed by atoms with Crippen molar-refractivity contribution in [2.45, 2.75) is 20.0 Å². The fourth-order valence-electron chi connectivity index (χ4n) is 5.20. The summed E-state index contributed by atoms with van der Waals surface area (Å²) in [6.45, 7) is 4.49. The van der Waals surface area contributed by atoms with E-state index in [0.29, 0.717) is 0 Å². The number of aromatic nitrogens is 4. The summed E-state index contributed by atoms with van der Waals surface area (Å²) in [4.78, 5) is 7.40. The highest BCUT2D eigenvalue weighted by Gasteiger charge is 2.30. The summed E-state index contributed by atoms with van der Waals surface area (Å²) in [5.74, 6) is 0.985. The number of hydrogen-bond acceptors (Lipinski definition) is 2. The molecule has 0 saturated carbocycles. The second-order valence-electron chi connectivity index (χ2n) is 7.93. The van der Waals surface area contributed by atoms with Crippen LogP contribution in [0.5, 0.6) is 0 Å². The lowest BCUT2D eigenvalue weighted by Gasteiger charge is -2.22. The molecule has 1 aliphatic heterocycles. The Hall–Kier alpha value is -3.47. The summed E-state index contributed by atoms with van der Waals surface area (Å²) in [6, 6.07) is 19.5. The van der Waals surface area contributed by atoms with Crippen molar-refractivity contribution in [1.29, 1.82) is 0 Å². The molecule has 136 valence electrons. The van der Waals surface area contributed by atoms with E-state index in [1.807, 2.05) is 0 Å². The molecular weight excluding hydrogens is 346 g/mol. The highest BCUT2D eigenvalue weighted by Crippen LogP contribution is 2.43. The monoisotopic (exact) mass is 365 g/mol. The largest absolute Gasteiger partial charge is 0.352 e. The fourth-order valence-corrected chi connectivity index (χ4v) is 5.20. The number of fused-ring (bicyclic) bond motifs is 7. The molecule has 6 aromatic rings. The van der Waals surface area contributed by atoms with Crippen molar-refractivity contribution >= 4 is 50.1 Å². The van der Waals surface area contributed by atoms with Gasteiger partial charge in [-0.2, -0.15) is 0 Å². The Bertz CT molecular complexity index is 1610. The Morgan fingerprint density at radius 2 is 1.57 bits per heavy atom. The number of imidazole rings is 2. The Morgan fingerprint density at radius 3 is 2.46 bits per heavy atom. The molecule has 0 saturated heterocycles. The molecule has 0 bridgehead atoms. The van der Waals surface area contributed by atoms with Crippen molar-refractivity contribution in [3.05, 3.63) is 60.2 Å². The number of rotatable bonds is 0. The summed E-state index contributed by atoms with van der Waals surface area (Å²) in [6.07, 6.45) is 0.271. The van der Waals surface area contributed by atoms with E-state index in [0.717, 1.165) is 16.8 Å². The third kappa shape index (κ3) is 1.39. The average Bonchev–Trinajstić information content (AvgIpc) is 3.32. The second kappa shape index (κ2) is 4.50. The molecule has 28 heavy (non-hydrogen) atoms. The van der Waals surface area contributed by atoms with E-state index < -0.39 is 0 Å². The third-order valence-corrected chi connectivity index (χ3v) is 6.57. The molecule has 5 heteroatoms. The van der Waals surface area contributed by atoms with Crippen LogP contribution in [0.2, 0.25) is 0 Å². The van der Waals surface area contributed by atoms with Crippen molar-refractivity contribution in [2.75, 3.05) is 11.9 Å². The average molecular weight is 365 g/mol. The lowest BCUT2D eigenvalue weighted by atomic mass is 10.1. The van der Waals surface area contributed by atoms with Crippen molar-refractivity contribution in [1.82, 2.24) is 18.4 Å². The summed E-state index contributed by atoms with van der Waals surface area (Å²) in [5, 5.41) is 0. The molecular formula is C23H19N5. The number of anilines is 1. The van der Waals surface area contributed by atoms with Crippen molar-refractivity contribution in [3.8, 4) is 0 Å². The minimum atomic E-state index is 0.271. The van der Waals surface area contributed by atoms with Gasteiger partial charge in [-0.3, -0.25) is 8.80 Å². The smallest absolute Gasteiger partial charge is 0.220 e. The minimum Gasteiger partial charge on any atom is -0.352 e. The van der Waals surface area contributed by atoms with Gasteiger partial charge >= 0.3 is 0 Å². The van der Waals surface area contributed by atoms with Gasteiger partial charge in [0.05, 0.1) is 44.3 Å². The van der Waals surface area contributed by atoms with Crippen molar-refractivity contribution < 1.29 is 0 Å². The SMILES string of the molecule is Cc1ccc2c3c1n1c4c(cccc4n3c3nc4ccccc4n23)N(C)[C@@H]1C. The molecule has 0 unspecified atom stereocenters. The predicted molar refractivity (Wildman–Crippen MR) is 115 cm³/mol. The molecule has 0 amide bonds. The van der Waals surface area contributed by atoms with Crippen LogP contribution in [0.1, 0.15) is 18.7 Å². The topological polar surface area (TPSA) is 29.9 Å². The number of benzene rings is 3. The van der Waals surface area contributed by atoms with Gasteiger partial charge in [0, 0.05) is 7.05 Å². The minimum absolute atomic E-state index is 0.271. The molecule has 0 N–H and O–H groups in total. The van der Waals surface area contributed by atoms with Crippen LogP contribution in [0.15, 0.2) is 54.6 Å². The fraction of sp³-hybridized carbons (Fsp3) is 0.174. The van der Waals surface area contributed by atoms with E-state index in [1.54, 1.807) is 0 Å². The van der Waals surface area contributed by atoms with Gasteiger partial charge in [-0.15, -0.1) is 0 Å². The van der Waals surface area contributed by atoms with Crippen LogP contribution in [0.25, 0.3) is 44.4 Å². The number of para-hydroxylation sites is 3. The third-order valence-electron chi connectivity index (χ3n) is 6.57. The quantitative estimate of drug-likeness (QED) is 0.350. The van der Waals surface area contributed by atoms with E-state index >= 15 is 0 Å². The molecule has 4 heterocycles. The first kappa shape index (κ1) is 14.6. The zero-order valence-electron chi connectivity index (χ0n) is 16.0. The molecule has 3 aromatic carbocycles. The highest BCUT2D eigenvalue weighted by molar-refractivity contribution is 6.07. The lowest BCUT2D eigenvalue weighted by molar-refractivity contribution is 0.595. The first-order valence-electron chi connectivity index (χ1n) is 9.73. The van der Waals surface area contributed by atoms with Gasteiger partial charge in [-0.25, -0.2) is 4.98 Å². The Balaban J connectivity index is 1.92. The van der Waals surface area contributed by atoms with Gasteiger partial charge in [-0.05, 0) is 49.7 Å².